The molecule has 1 N–H and O–H groups in total. The molecule has 12 heteroatoms. The first-order valence-corrected chi connectivity index (χ1v) is 7.68. The highest BCUT2D eigenvalue weighted by atomic mass is 35.5. The van der Waals surface area contributed by atoms with E-state index in [1.807, 2.05) is 0 Å². The van der Waals surface area contributed by atoms with Crippen molar-refractivity contribution in [2.24, 2.45) is 0 Å². The van der Waals surface area contributed by atoms with Gasteiger partial charge in [-0.2, -0.15) is 0 Å². The van der Waals surface area contributed by atoms with E-state index in [1.165, 1.54) is 12.1 Å². The number of pyridine rings is 2. The Hall–Kier alpha value is -2.23. The van der Waals surface area contributed by atoms with E-state index >= 15 is 0 Å². The summed E-state index contributed by atoms with van der Waals surface area (Å²) >= 11 is 16.6. The molecule has 0 fully saturated rings. The lowest BCUT2D eigenvalue weighted by molar-refractivity contribution is -0.385. The maximum atomic E-state index is 10.6. The Labute approximate surface area is 157 Å². The molecule has 0 aliphatic carbocycles. The van der Waals surface area contributed by atoms with Crippen molar-refractivity contribution in [3.63, 3.8) is 0 Å². The van der Waals surface area contributed by atoms with Crippen molar-refractivity contribution in [1.82, 2.24) is 9.97 Å². The molecule has 0 aliphatic heterocycles. The predicted octanol–water partition coefficient (Wildman–Crippen LogP) is 4.60. The normalized spacial score (nSPS) is 9.84. The fourth-order valence-corrected chi connectivity index (χ4v) is 2.69. The molecule has 0 radical (unpaired) electrons. The maximum Gasteiger partial charge on any atom is 0.314 e. The van der Waals surface area contributed by atoms with Crippen LogP contribution in [0.5, 0.6) is 0 Å². The number of nitrogens with zero attached hydrogens (tertiary/aromatic N) is 4. The van der Waals surface area contributed by atoms with Crippen LogP contribution in [0, 0.1) is 34.1 Å². The number of anilines is 1. The summed E-state index contributed by atoms with van der Waals surface area (Å²) in [5.41, 5.74) is 0.673. The zero-order chi connectivity index (χ0) is 19.3. The third-order valence-electron chi connectivity index (χ3n) is 2.86. The molecule has 2 aromatic rings. The Morgan fingerprint density at radius 1 is 0.920 bits per heavy atom. The monoisotopic (exact) mass is 407 g/mol. The smallest absolute Gasteiger partial charge is 0.314 e. The summed E-state index contributed by atoms with van der Waals surface area (Å²) in [5.74, 6) is 0.190. The van der Waals surface area contributed by atoms with E-state index in [4.69, 9.17) is 34.8 Å². The summed E-state index contributed by atoms with van der Waals surface area (Å²) in [6.45, 7) is 3.17. The van der Waals surface area contributed by atoms with Crippen LogP contribution in [-0.4, -0.2) is 26.9 Å². The van der Waals surface area contributed by atoms with Crippen LogP contribution in [0.2, 0.25) is 15.5 Å². The summed E-state index contributed by atoms with van der Waals surface area (Å²) in [4.78, 5) is 27.3. The minimum Gasteiger partial charge on any atom is -0.367 e. The van der Waals surface area contributed by atoms with Gasteiger partial charge in [-0.05, 0) is 26.0 Å². The lowest BCUT2D eigenvalue weighted by Gasteiger charge is -2.03. The van der Waals surface area contributed by atoms with E-state index in [0.29, 0.717) is 11.1 Å². The number of hydrogen-bond donors (Lipinski definition) is 1. The molecular weight excluding hydrogens is 397 g/mol. The summed E-state index contributed by atoms with van der Waals surface area (Å²) in [7, 11) is 1.56. The molecule has 0 aliphatic rings. The second-order valence-electron chi connectivity index (χ2n) is 4.62. The van der Waals surface area contributed by atoms with Crippen molar-refractivity contribution in [3.8, 4) is 0 Å². The number of aromatic nitrogens is 2. The summed E-state index contributed by atoms with van der Waals surface area (Å²) in [6, 6.07) is 2.85. The zero-order valence-corrected chi connectivity index (χ0v) is 15.5. The van der Waals surface area contributed by atoms with Crippen molar-refractivity contribution < 1.29 is 9.85 Å². The van der Waals surface area contributed by atoms with E-state index in [0.717, 1.165) is 0 Å². The first kappa shape index (κ1) is 20.8. The molecule has 2 rings (SSSR count). The van der Waals surface area contributed by atoms with Crippen LogP contribution >= 0.6 is 34.8 Å². The van der Waals surface area contributed by atoms with Gasteiger partial charge in [0.1, 0.15) is 10.3 Å². The Bertz CT molecular complexity index is 809. The highest BCUT2D eigenvalue weighted by Crippen LogP contribution is 2.28. The molecule has 0 saturated heterocycles. The highest BCUT2D eigenvalue weighted by molar-refractivity contribution is 6.34. The third-order valence-corrected chi connectivity index (χ3v) is 3.51. The highest BCUT2D eigenvalue weighted by Gasteiger charge is 2.19. The molecule has 0 unspecified atom stereocenters. The second kappa shape index (κ2) is 8.75. The van der Waals surface area contributed by atoms with Gasteiger partial charge >= 0.3 is 11.4 Å². The zero-order valence-electron chi connectivity index (χ0n) is 13.2. The van der Waals surface area contributed by atoms with E-state index in [9.17, 15) is 20.2 Å². The van der Waals surface area contributed by atoms with Crippen molar-refractivity contribution in [2.75, 3.05) is 12.4 Å². The van der Waals surface area contributed by atoms with Crippen LogP contribution in [0.3, 0.4) is 0 Å². The average molecular weight is 409 g/mol. The van der Waals surface area contributed by atoms with Crippen LogP contribution in [-0.2, 0) is 0 Å². The SMILES string of the molecule is CNc1nc(Cl)cc(C)c1[N+](=O)[O-].Cc1cc(Cl)nc(Cl)c1[N+](=O)[O-]. The minimum absolute atomic E-state index is 0.0353. The largest absolute Gasteiger partial charge is 0.367 e. The molecule has 9 nitrogen and oxygen atoms in total. The summed E-state index contributed by atoms with van der Waals surface area (Å²) in [6.07, 6.45) is 0. The van der Waals surface area contributed by atoms with Gasteiger partial charge in [0.05, 0.1) is 9.85 Å². The summed E-state index contributed by atoms with van der Waals surface area (Å²) in [5, 5.41) is 23.8. The van der Waals surface area contributed by atoms with E-state index in [2.05, 4.69) is 15.3 Å². The van der Waals surface area contributed by atoms with Gasteiger partial charge in [0.25, 0.3) is 0 Å². The second-order valence-corrected chi connectivity index (χ2v) is 5.76. The Morgan fingerprint density at radius 2 is 1.36 bits per heavy atom. The first-order chi connectivity index (χ1) is 11.6. The van der Waals surface area contributed by atoms with Gasteiger partial charge in [0, 0.05) is 18.2 Å². The molecule has 2 aromatic heterocycles. The van der Waals surface area contributed by atoms with Gasteiger partial charge in [-0.25, -0.2) is 9.97 Å². The van der Waals surface area contributed by atoms with Crippen LogP contribution in [0.25, 0.3) is 0 Å². The van der Waals surface area contributed by atoms with Crippen LogP contribution in [0.4, 0.5) is 17.2 Å². The fraction of sp³-hybridized carbons (Fsp3) is 0.231. The van der Waals surface area contributed by atoms with Gasteiger partial charge in [-0.1, -0.05) is 34.8 Å². The van der Waals surface area contributed by atoms with Gasteiger partial charge in [0.2, 0.25) is 11.0 Å². The lowest BCUT2D eigenvalue weighted by atomic mass is 10.2. The van der Waals surface area contributed by atoms with E-state index in [-0.39, 0.29) is 32.7 Å². The standard InChI is InChI=1S/C7H8ClN3O2.C6H4Cl2N2O2/c1-4-3-5(8)10-7(9-2)6(4)11(12)13;1-3-2-4(7)9-6(8)5(3)10(11)12/h3H,1-2H3,(H,9,10);2H,1H3. The molecule has 0 amide bonds. The lowest BCUT2D eigenvalue weighted by Crippen LogP contribution is -2.01. The minimum atomic E-state index is -0.582. The van der Waals surface area contributed by atoms with Gasteiger partial charge in [0.15, 0.2) is 0 Å². The molecule has 0 bridgehead atoms. The number of nitrogens with one attached hydrogen (secondary N) is 1. The topological polar surface area (TPSA) is 124 Å². The summed E-state index contributed by atoms with van der Waals surface area (Å²) < 4.78 is 0. The molecule has 2 heterocycles. The predicted molar refractivity (Wildman–Crippen MR) is 95.8 cm³/mol. The van der Waals surface area contributed by atoms with Crippen molar-refractivity contribution >= 4 is 52.0 Å². The number of aryl methyl sites for hydroxylation is 2. The van der Waals surface area contributed by atoms with Crippen molar-refractivity contribution in [3.05, 3.63) is 58.9 Å². The average Bonchev–Trinajstić information content (AvgIpc) is 2.44. The van der Waals surface area contributed by atoms with Gasteiger partial charge < -0.3 is 5.32 Å². The van der Waals surface area contributed by atoms with Crippen molar-refractivity contribution in [1.29, 1.82) is 0 Å². The third kappa shape index (κ3) is 5.38. The van der Waals surface area contributed by atoms with Crippen LogP contribution < -0.4 is 5.32 Å². The Kier molecular flexibility index (Phi) is 7.28. The number of hydrogen-bond acceptors (Lipinski definition) is 7. The number of halogens is 3. The molecule has 134 valence electrons. The van der Waals surface area contributed by atoms with Gasteiger partial charge in [-0.3, -0.25) is 20.2 Å². The molecule has 0 atom stereocenters. The van der Waals surface area contributed by atoms with E-state index in [1.54, 1.807) is 20.9 Å². The molecule has 0 spiro atoms. The van der Waals surface area contributed by atoms with Gasteiger partial charge in [-0.15, -0.1) is 0 Å². The van der Waals surface area contributed by atoms with Crippen molar-refractivity contribution in [2.45, 2.75) is 13.8 Å². The molecule has 0 aromatic carbocycles. The molecular formula is C13H12Cl3N5O4. The van der Waals surface area contributed by atoms with Crippen LogP contribution in [0.1, 0.15) is 11.1 Å². The molecule has 25 heavy (non-hydrogen) atoms. The number of nitro groups is 2. The Morgan fingerprint density at radius 3 is 1.76 bits per heavy atom. The molecule has 0 saturated carbocycles. The maximum absolute atomic E-state index is 10.6. The first-order valence-electron chi connectivity index (χ1n) is 6.54. The quantitative estimate of drug-likeness (QED) is 0.447. The van der Waals surface area contributed by atoms with Crippen LogP contribution in [0.15, 0.2) is 12.1 Å². The fourth-order valence-electron chi connectivity index (χ4n) is 1.84. The van der Waals surface area contributed by atoms with E-state index < -0.39 is 9.85 Å². The Balaban J connectivity index is 0.000000251. The number of rotatable bonds is 3.